The lowest BCUT2D eigenvalue weighted by Gasteiger charge is -2.39. The van der Waals surface area contributed by atoms with Crippen molar-refractivity contribution in [2.75, 3.05) is 27.4 Å². The Labute approximate surface area is 328 Å². The second-order valence-electron chi connectivity index (χ2n) is 13.8. The molecule has 1 amide bonds. The molecule has 298 valence electrons. The second-order valence-corrected chi connectivity index (χ2v) is 15.3. The number of methoxy groups -OCH3 is 2. The number of aromatic amines is 1. The zero-order valence-electron chi connectivity index (χ0n) is 32.5. The van der Waals surface area contributed by atoms with Crippen LogP contribution in [0.4, 0.5) is 0 Å². The number of nitrogens with zero attached hydrogens (tertiary/aromatic N) is 3. The molecule has 2 heterocycles. The van der Waals surface area contributed by atoms with Gasteiger partial charge in [0.2, 0.25) is 5.91 Å². The molecule has 0 spiro atoms. The predicted octanol–water partition coefficient (Wildman–Crippen LogP) is 5.61. The van der Waals surface area contributed by atoms with Gasteiger partial charge >= 0.3 is 5.69 Å². The molecule has 15 heteroatoms. The molecule has 1 unspecified atom stereocenters. The van der Waals surface area contributed by atoms with Crippen LogP contribution < -0.4 is 26.5 Å². The molecular formula is C41H50N5O9P. The number of carbonyl (C=O) groups excluding carboxylic acids is 1. The van der Waals surface area contributed by atoms with Gasteiger partial charge in [-0.05, 0) is 68.7 Å². The van der Waals surface area contributed by atoms with E-state index in [-0.39, 0.29) is 38.1 Å². The number of aromatic nitrogens is 2. The third-order valence-electron chi connectivity index (χ3n) is 9.54. The zero-order chi connectivity index (χ0) is 40.4. The summed E-state index contributed by atoms with van der Waals surface area (Å²) in [6.07, 6.45) is -1.73. The molecule has 5 atom stereocenters. The fraction of sp³-hybridized carbons (Fsp3) is 0.415. The van der Waals surface area contributed by atoms with Crippen molar-refractivity contribution in [3.05, 3.63) is 129 Å². The molecule has 56 heavy (non-hydrogen) atoms. The van der Waals surface area contributed by atoms with E-state index in [4.69, 9.17) is 33.7 Å². The Hall–Kier alpha value is -4.87. The molecule has 1 saturated heterocycles. The Kier molecular flexibility index (Phi) is 14.6. The van der Waals surface area contributed by atoms with Gasteiger partial charge in [-0.2, -0.15) is 5.26 Å². The minimum atomic E-state index is -1.86. The quantitative estimate of drug-likeness (QED) is 0.0685. The number of hydrogen-bond donors (Lipinski definition) is 2. The van der Waals surface area contributed by atoms with Gasteiger partial charge in [0.15, 0.2) is 0 Å². The van der Waals surface area contributed by atoms with Gasteiger partial charge in [0.1, 0.15) is 35.5 Å². The number of nitrogens with one attached hydrogen (secondary N) is 1. The van der Waals surface area contributed by atoms with E-state index in [1.165, 1.54) is 16.8 Å². The maximum absolute atomic E-state index is 13.3. The molecule has 1 aromatic heterocycles. The normalized spacial score (nSPS) is 18.9. The number of nitrogens with two attached hydrogens (primary N) is 1. The summed E-state index contributed by atoms with van der Waals surface area (Å²) < 4.78 is 41.5. The Morgan fingerprint density at radius 1 is 0.929 bits per heavy atom. The van der Waals surface area contributed by atoms with Crippen molar-refractivity contribution in [3.63, 3.8) is 0 Å². The standard InChI is InChI=1S/C41H50N5O9P/c1-27(2)46(28(3)4)56(53-24-10-22-42)55-38-34(25-36(43)47)39(45-23-21-37(48)44-40(45)49)54-35(38)26-52-41(29-11-8-7-9-12-29,30-13-17-32(50-5)18-14-30)31-15-19-33(51-6)20-16-31/h7-9,11-21,23,27-28,34-35,38-39H,10,24-26H2,1-6H3,(H2,43,47)(H,44,48,49)/t34-,35-,38+,39-,56?/m1/s1. The van der Waals surface area contributed by atoms with Gasteiger partial charge in [-0.25, -0.2) is 9.46 Å². The average molecular weight is 788 g/mol. The van der Waals surface area contributed by atoms with E-state index >= 15 is 0 Å². The Morgan fingerprint density at radius 3 is 2.00 bits per heavy atom. The fourth-order valence-electron chi connectivity index (χ4n) is 7.10. The van der Waals surface area contributed by atoms with E-state index in [9.17, 15) is 19.6 Å². The lowest BCUT2D eigenvalue weighted by atomic mass is 9.80. The Morgan fingerprint density at radius 2 is 1.50 bits per heavy atom. The number of H-pyrrole nitrogens is 1. The van der Waals surface area contributed by atoms with E-state index in [1.54, 1.807) is 14.2 Å². The first-order valence-electron chi connectivity index (χ1n) is 18.4. The topological polar surface area (TPSA) is 180 Å². The molecule has 0 bridgehead atoms. The first-order valence-corrected chi connectivity index (χ1v) is 19.5. The monoisotopic (exact) mass is 787 g/mol. The van der Waals surface area contributed by atoms with E-state index < -0.39 is 55.6 Å². The van der Waals surface area contributed by atoms with E-state index in [0.29, 0.717) is 11.5 Å². The number of rotatable bonds is 19. The van der Waals surface area contributed by atoms with Crippen LogP contribution in [-0.4, -0.2) is 71.9 Å². The van der Waals surface area contributed by atoms with Crippen molar-refractivity contribution in [1.29, 1.82) is 5.26 Å². The minimum absolute atomic E-state index is 0.0386. The van der Waals surface area contributed by atoms with Crippen LogP contribution in [0.2, 0.25) is 0 Å². The molecule has 1 aliphatic heterocycles. The van der Waals surface area contributed by atoms with Crippen molar-refractivity contribution < 1.29 is 32.8 Å². The van der Waals surface area contributed by atoms with E-state index in [2.05, 4.69) is 15.7 Å². The molecule has 4 aromatic rings. The SMILES string of the molecule is COc1ccc(C(OC[C@H]2O[C@@H](n3ccc(=O)[nH]c3=O)[C@H](CC(N)=O)[C@@H]2OP(OCCC#N)N(C(C)C)C(C)C)(c2ccccc2)c2ccc(OC)cc2)cc1. The summed E-state index contributed by atoms with van der Waals surface area (Å²) in [6.45, 7) is 8.03. The maximum atomic E-state index is 13.3. The molecule has 1 aliphatic rings. The molecule has 0 radical (unpaired) electrons. The minimum Gasteiger partial charge on any atom is -0.497 e. The fourth-order valence-corrected chi connectivity index (χ4v) is 8.91. The Balaban J connectivity index is 1.68. The summed E-state index contributed by atoms with van der Waals surface area (Å²) in [4.78, 5) is 40.5. The van der Waals surface area contributed by atoms with Crippen LogP contribution in [0.25, 0.3) is 0 Å². The highest BCUT2D eigenvalue weighted by atomic mass is 31.2. The number of ether oxygens (including phenoxy) is 4. The molecule has 5 rings (SSSR count). The average Bonchev–Trinajstić information content (AvgIpc) is 3.50. The van der Waals surface area contributed by atoms with Gasteiger partial charge in [0.05, 0.1) is 39.9 Å². The van der Waals surface area contributed by atoms with Gasteiger partial charge in [-0.3, -0.25) is 19.1 Å². The van der Waals surface area contributed by atoms with Crippen molar-refractivity contribution in [2.45, 2.75) is 76.7 Å². The van der Waals surface area contributed by atoms with Crippen molar-refractivity contribution >= 4 is 14.4 Å². The molecular weight excluding hydrogens is 737 g/mol. The lowest BCUT2D eigenvalue weighted by molar-refractivity contribution is -0.120. The summed E-state index contributed by atoms with van der Waals surface area (Å²) in [5.74, 6) is -0.161. The molecule has 3 N–H and O–H groups in total. The maximum Gasteiger partial charge on any atom is 0.330 e. The Bertz CT molecular complexity index is 1980. The third-order valence-corrected chi connectivity index (χ3v) is 11.7. The van der Waals surface area contributed by atoms with E-state index in [1.807, 2.05) is 107 Å². The number of hydrogen-bond acceptors (Lipinski definition) is 11. The second kappa shape index (κ2) is 19.3. The predicted molar refractivity (Wildman–Crippen MR) is 211 cm³/mol. The van der Waals surface area contributed by atoms with Crippen LogP contribution in [0.1, 0.15) is 63.5 Å². The smallest absolute Gasteiger partial charge is 0.330 e. The number of amides is 1. The summed E-state index contributed by atoms with van der Waals surface area (Å²) in [5.41, 5.74) is 5.67. The van der Waals surface area contributed by atoms with Gasteiger partial charge in [-0.15, -0.1) is 0 Å². The third kappa shape index (κ3) is 9.56. The van der Waals surface area contributed by atoms with Gasteiger partial charge in [-0.1, -0.05) is 54.6 Å². The highest BCUT2D eigenvalue weighted by molar-refractivity contribution is 7.44. The summed E-state index contributed by atoms with van der Waals surface area (Å²) in [7, 11) is 1.33. The summed E-state index contributed by atoms with van der Waals surface area (Å²) in [5, 5.41) is 9.36. The molecule has 0 aliphatic carbocycles. The van der Waals surface area contributed by atoms with Crippen LogP contribution in [0.15, 0.2) is 101 Å². The molecule has 14 nitrogen and oxygen atoms in total. The van der Waals surface area contributed by atoms with E-state index in [0.717, 1.165) is 16.7 Å². The van der Waals surface area contributed by atoms with Gasteiger partial charge in [0, 0.05) is 36.7 Å². The number of carbonyl (C=O) groups is 1. The largest absolute Gasteiger partial charge is 0.497 e. The van der Waals surface area contributed by atoms with Crippen LogP contribution in [0, 0.1) is 17.2 Å². The highest BCUT2D eigenvalue weighted by Crippen LogP contribution is 2.52. The van der Waals surface area contributed by atoms with Gasteiger partial charge < -0.3 is 33.7 Å². The zero-order valence-corrected chi connectivity index (χ0v) is 33.4. The van der Waals surface area contributed by atoms with Crippen LogP contribution in [0.3, 0.4) is 0 Å². The molecule has 3 aromatic carbocycles. The van der Waals surface area contributed by atoms with Crippen LogP contribution in [-0.2, 0) is 28.9 Å². The lowest BCUT2D eigenvalue weighted by Crippen LogP contribution is -2.41. The first kappa shape index (κ1) is 42.3. The number of primary amides is 1. The van der Waals surface area contributed by atoms with Crippen molar-refractivity contribution in [1.82, 2.24) is 14.2 Å². The highest BCUT2D eigenvalue weighted by Gasteiger charge is 2.51. The summed E-state index contributed by atoms with van der Waals surface area (Å²) in [6, 6.07) is 28.1. The van der Waals surface area contributed by atoms with Crippen molar-refractivity contribution in [3.8, 4) is 17.6 Å². The van der Waals surface area contributed by atoms with Crippen LogP contribution in [0.5, 0.6) is 11.5 Å². The number of benzene rings is 3. The van der Waals surface area contributed by atoms with Crippen LogP contribution >= 0.6 is 8.53 Å². The number of nitriles is 1. The van der Waals surface area contributed by atoms with Crippen molar-refractivity contribution in [2.24, 2.45) is 11.7 Å². The summed E-state index contributed by atoms with van der Waals surface area (Å²) >= 11 is 0. The van der Waals surface area contributed by atoms with Gasteiger partial charge in [0.25, 0.3) is 14.1 Å². The molecule has 0 saturated carbocycles. The molecule has 1 fully saturated rings. The first-order chi connectivity index (χ1) is 26.9.